The quantitative estimate of drug-likeness (QED) is 0.273. The van der Waals surface area contributed by atoms with Gasteiger partial charge in [0.2, 0.25) is 0 Å². The van der Waals surface area contributed by atoms with Gasteiger partial charge in [-0.15, -0.1) is 0 Å². The van der Waals surface area contributed by atoms with Crippen molar-refractivity contribution in [2.45, 2.75) is 33.7 Å². The van der Waals surface area contributed by atoms with Crippen LogP contribution in [0.2, 0.25) is 5.02 Å². The molecule has 0 saturated heterocycles. The molecule has 0 unspecified atom stereocenters. The fourth-order valence-electron chi connectivity index (χ4n) is 5.05. The Balaban J connectivity index is 1.66. The van der Waals surface area contributed by atoms with Crippen LogP contribution in [-0.2, 0) is 9.53 Å². The molecular formula is C31H30ClN3O5S. The minimum absolute atomic E-state index is 0.249. The monoisotopic (exact) mass is 591 g/mol. The van der Waals surface area contributed by atoms with Crippen molar-refractivity contribution in [3.8, 4) is 17.2 Å². The first-order valence-electron chi connectivity index (χ1n) is 13.2. The van der Waals surface area contributed by atoms with Crippen LogP contribution in [-0.4, -0.2) is 35.4 Å². The normalized spacial score (nSPS) is 14.7. The molecule has 212 valence electrons. The molecule has 10 heteroatoms. The molecule has 0 radical (unpaired) electrons. The maximum Gasteiger partial charge on any atom is 0.337 e. The molecule has 1 aliphatic heterocycles. The van der Waals surface area contributed by atoms with Crippen LogP contribution in [0.5, 0.6) is 11.5 Å². The molecule has 1 atom stereocenters. The van der Waals surface area contributed by atoms with Crippen molar-refractivity contribution in [1.82, 2.24) is 9.13 Å². The summed E-state index contributed by atoms with van der Waals surface area (Å²) in [5.74, 6) is 0.557. The van der Waals surface area contributed by atoms with Crippen LogP contribution < -0.4 is 24.4 Å². The Morgan fingerprint density at radius 2 is 1.76 bits per heavy atom. The Hall–Kier alpha value is -4.08. The van der Waals surface area contributed by atoms with Gasteiger partial charge in [-0.1, -0.05) is 29.0 Å². The lowest BCUT2D eigenvalue weighted by Gasteiger charge is -2.23. The molecule has 0 spiro atoms. The molecule has 0 N–H and O–H groups in total. The number of nitrogens with zero attached hydrogens (tertiary/aromatic N) is 3. The molecule has 3 heterocycles. The third-order valence-electron chi connectivity index (χ3n) is 6.85. The van der Waals surface area contributed by atoms with Gasteiger partial charge in [0.15, 0.2) is 16.3 Å². The van der Waals surface area contributed by atoms with Crippen LogP contribution in [0.15, 0.2) is 70.1 Å². The van der Waals surface area contributed by atoms with Crippen molar-refractivity contribution in [2.24, 2.45) is 4.99 Å². The minimum Gasteiger partial charge on any atom is -0.490 e. The van der Waals surface area contributed by atoms with Gasteiger partial charge in [0.05, 0.1) is 36.5 Å². The van der Waals surface area contributed by atoms with Crippen LogP contribution in [0.1, 0.15) is 42.4 Å². The number of hydrogen-bond acceptors (Lipinski definition) is 7. The lowest BCUT2D eigenvalue weighted by atomic mass is 9.97. The van der Waals surface area contributed by atoms with E-state index in [9.17, 15) is 9.59 Å². The molecule has 1 aliphatic rings. The molecule has 0 aliphatic carbocycles. The lowest BCUT2D eigenvalue weighted by Crippen LogP contribution is -2.39. The van der Waals surface area contributed by atoms with Gasteiger partial charge in [-0.25, -0.2) is 9.79 Å². The van der Waals surface area contributed by atoms with Gasteiger partial charge in [-0.3, -0.25) is 9.36 Å². The zero-order valence-electron chi connectivity index (χ0n) is 23.4. The molecule has 0 saturated carbocycles. The van der Waals surface area contributed by atoms with E-state index in [2.05, 4.69) is 9.56 Å². The number of aryl methyl sites for hydroxylation is 1. The summed E-state index contributed by atoms with van der Waals surface area (Å²) in [6, 6.07) is 14.3. The molecule has 41 heavy (non-hydrogen) atoms. The second kappa shape index (κ2) is 11.8. The molecule has 4 aromatic rings. The van der Waals surface area contributed by atoms with Crippen LogP contribution in [0.4, 0.5) is 0 Å². The van der Waals surface area contributed by atoms with Gasteiger partial charge in [0.1, 0.15) is 0 Å². The first-order chi connectivity index (χ1) is 19.8. The second-order valence-corrected chi connectivity index (χ2v) is 10.8. The minimum atomic E-state index is -0.753. The predicted molar refractivity (Wildman–Crippen MR) is 160 cm³/mol. The molecular weight excluding hydrogens is 562 g/mol. The Kier molecular flexibility index (Phi) is 8.19. The number of rotatable bonds is 8. The number of thiazole rings is 1. The largest absolute Gasteiger partial charge is 0.490 e. The van der Waals surface area contributed by atoms with Crippen molar-refractivity contribution >= 4 is 35.0 Å². The van der Waals surface area contributed by atoms with E-state index in [1.54, 1.807) is 16.7 Å². The highest BCUT2D eigenvalue weighted by Gasteiger charge is 2.31. The number of aromatic nitrogens is 2. The summed E-state index contributed by atoms with van der Waals surface area (Å²) >= 11 is 7.37. The van der Waals surface area contributed by atoms with Gasteiger partial charge in [0.25, 0.3) is 5.56 Å². The molecule has 0 bridgehead atoms. The van der Waals surface area contributed by atoms with Crippen molar-refractivity contribution in [3.05, 3.63) is 108 Å². The highest BCUT2D eigenvalue weighted by atomic mass is 35.5. The first kappa shape index (κ1) is 28.4. The van der Waals surface area contributed by atoms with Crippen LogP contribution in [0, 0.1) is 13.8 Å². The molecule has 0 amide bonds. The highest BCUT2D eigenvalue weighted by Crippen LogP contribution is 2.35. The van der Waals surface area contributed by atoms with Crippen molar-refractivity contribution in [2.75, 3.05) is 20.3 Å². The van der Waals surface area contributed by atoms with E-state index in [-0.39, 0.29) is 11.1 Å². The van der Waals surface area contributed by atoms with Gasteiger partial charge in [-0.2, -0.15) is 0 Å². The fraction of sp³-hybridized carbons (Fsp3) is 0.258. The van der Waals surface area contributed by atoms with E-state index in [1.165, 1.54) is 24.6 Å². The number of fused-ring (bicyclic) bond motifs is 1. The number of benzene rings is 2. The summed E-state index contributed by atoms with van der Waals surface area (Å²) in [6.45, 7) is 8.71. The lowest BCUT2D eigenvalue weighted by molar-refractivity contribution is -0.136. The SMILES string of the molecule is CCOc1ccc([C@@H]2C(C(=O)OC)=CN=c3s/c(=C/c4cc(C)n(-c5ccc(Cl)cc5)c4C)c(=O)n32)cc1OCC. The van der Waals surface area contributed by atoms with Crippen molar-refractivity contribution in [3.63, 3.8) is 0 Å². The summed E-state index contributed by atoms with van der Waals surface area (Å²) in [7, 11) is 1.31. The smallest absolute Gasteiger partial charge is 0.337 e. The predicted octanol–water partition coefficient (Wildman–Crippen LogP) is 4.88. The molecule has 2 aromatic carbocycles. The number of carbonyl (C=O) groups excluding carboxylic acids is 1. The zero-order chi connectivity index (χ0) is 29.3. The van der Waals surface area contributed by atoms with Crippen molar-refractivity contribution < 1.29 is 19.0 Å². The number of esters is 1. The molecule has 5 rings (SSSR count). The third-order valence-corrected chi connectivity index (χ3v) is 8.10. The van der Waals surface area contributed by atoms with Crippen molar-refractivity contribution in [1.29, 1.82) is 0 Å². The van der Waals surface area contributed by atoms with Gasteiger partial charge < -0.3 is 18.8 Å². The van der Waals surface area contributed by atoms with Gasteiger partial charge in [-0.05, 0) is 87.4 Å². The van der Waals surface area contributed by atoms with E-state index in [4.69, 9.17) is 25.8 Å². The Morgan fingerprint density at radius 1 is 1.05 bits per heavy atom. The number of ether oxygens (including phenoxy) is 3. The van der Waals surface area contributed by atoms with Crippen LogP contribution >= 0.6 is 22.9 Å². The van der Waals surface area contributed by atoms with E-state index in [0.29, 0.717) is 44.6 Å². The van der Waals surface area contributed by atoms with Gasteiger partial charge in [0, 0.05) is 28.3 Å². The Morgan fingerprint density at radius 3 is 2.44 bits per heavy atom. The summed E-state index contributed by atoms with van der Waals surface area (Å²) < 4.78 is 20.8. The average Bonchev–Trinajstić information content (AvgIpc) is 3.43. The second-order valence-electron chi connectivity index (χ2n) is 9.39. The molecule has 8 nitrogen and oxygen atoms in total. The number of methoxy groups -OCH3 is 1. The van der Waals surface area contributed by atoms with Gasteiger partial charge >= 0.3 is 5.97 Å². The molecule has 0 fully saturated rings. The summed E-state index contributed by atoms with van der Waals surface area (Å²) in [5, 5.41) is 0.666. The summed E-state index contributed by atoms with van der Waals surface area (Å²) in [6.07, 6.45) is 3.36. The Labute approximate surface area is 246 Å². The zero-order valence-corrected chi connectivity index (χ0v) is 25.0. The summed E-state index contributed by atoms with van der Waals surface area (Å²) in [5.41, 5.74) is 4.57. The van der Waals surface area contributed by atoms with Crippen LogP contribution in [0.25, 0.3) is 11.8 Å². The average molecular weight is 592 g/mol. The first-order valence-corrected chi connectivity index (χ1v) is 14.4. The number of carbonyl (C=O) groups is 1. The van der Waals surface area contributed by atoms with E-state index >= 15 is 0 Å². The fourth-order valence-corrected chi connectivity index (χ4v) is 6.14. The Bertz CT molecular complexity index is 1830. The van der Waals surface area contributed by atoms with E-state index in [0.717, 1.165) is 22.6 Å². The number of hydrogen-bond donors (Lipinski definition) is 0. The maximum atomic E-state index is 14.0. The van der Waals surface area contributed by atoms with E-state index < -0.39 is 12.0 Å². The maximum absolute atomic E-state index is 14.0. The van der Waals surface area contributed by atoms with Crippen LogP contribution in [0.3, 0.4) is 0 Å². The molecule has 2 aromatic heterocycles. The topological polar surface area (TPSA) is 84.0 Å². The highest BCUT2D eigenvalue weighted by molar-refractivity contribution is 7.07. The third kappa shape index (κ3) is 5.35. The van der Waals surface area contributed by atoms with E-state index in [1.807, 2.05) is 70.2 Å². The number of halogens is 1. The standard InChI is InChI=1S/C31H30ClN3O5S/c1-6-39-25-13-8-20(15-26(25)40-7-2)28-24(30(37)38-5)17-33-31-35(28)29(36)27(41-31)16-21-14-18(3)34(19(21)4)23-11-9-22(32)10-12-23/h8-17,28H,6-7H2,1-5H3/b27-16+/t28-/m1/s1. The summed E-state index contributed by atoms with van der Waals surface area (Å²) in [4.78, 5) is 31.8.